The minimum absolute atomic E-state index is 0.0563. The Bertz CT molecular complexity index is 1220. The van der Waals surface area contributed by atoms with Crippen LogP contribution in [-0.2, 0) is 19.9 Å². The van der Waals surface area contributed by atoms with Crippen molar-refractivity contribution in [3.63, 3.8) is 0 Å². The average Bonchev–Trinajstić information content (AvgIpc) is 3.05. The minimum Gasteiger partial charge on any atom is -0.372 e. The van der Waals surface area contributed by atoms with Crippen molar-refractivity contribution in [3.05, 3.63) is 54.7 Å². The SMILES string of the molecule is C#CCNc1ccc(S(C)(=O)=O)c2ccn(S(=O)(=O)c3ccccc3)c12. The molecular formula is C18H16N2O4S2. The molecule has 134 valence electrons. The number of benzene rings is 2. The van der Waals surface area contributed by atoms with Gasteiger partial charge in [-0.15, -0.1) is 6.42 Å². The van der Waals surface area contributed by atoms with E-state index in [1.54, 1.807) is 18.2 Å². The van der Waals surface area contributed by atoms with E-state index in [0.717, 1.165) is 10.2 Å². The van der Waals surface area contributed by atoms with Crippen LogP contribution in [0.15, 0.2) is 64.5 Å². The average molecular weight is 388 g/mol. The van der Waals surface area contributed by atoms with E-state index < -0.39 is 19.9 Å². The number of rotatable bonds is 5. The molecule has 0 aliphatic rings. The monoisotopic (exact) mass is 388 g/mol. The molecular weight excluding hydrogens is 372 g/mol. The van der Waals surface area contributed by atoms with Crippen LogP contribution in [-0.4, -0.2) is 33.6 Å². The lowest BCUT2D eigenvalue weighted by Crippen LogP contribution is -2.13. The summed E-state index contributed by atoms with van der Waals surface area (Å²) in [4.78, 5) is 0.158. The molecule has 26 heavy (non-hydrogen) atoms. The summed E-state index contributed by atoms with van der Waals surface area (Å²) in [6.07, 6.45) is 7.71. The van der Waals surface area contributed by atoms with Crippen molar-refractivity contribution in [1.82, 2.24) is 3.97 Å². The van der Waals surface area contributed by atoms with E-state index in [2.05, 4.69) is 11.2 Å². The molecule has 6 nitrogen and oxygen atoms in total. The first-order valence-electron chi connectivity index (χ1n) is 7.59. The van der Waals surface area contributed by atoms with Crippen LogP contribution in [0.25, 0.3) is 10.9 Å². The standard InChI is InChI=1S/C18H16N2O4S2/c1-3-12-19-16-9-10-17(25(2,21)22)15-11-13-20(18(15)16)26(23,24)14-7-5-4-6-8-14/h1,4-11,13,19H,12H2,2H3. The number of terminal acetylenes is 1. The van der Waals surface area contributed by atoms with Gasteiger partial charge in [-0.3, -0.25) is 0 Å². The Morgan fingerprint density at radius 2 is 1.73 bits per heavy atom. The zero-order valence-corrected chi connectivity index (χ0v) is 15.5. The van der Waals surface area contributed by atoms with Crippen molar-refractivity contribution >= 4 is 36.5 Å². The molecule has 0 unspecified atom stereocenters. The predicted octanol–water partition coefficient (Wildman–Crippen LogP) is 2.33. The number of sulfone groups is 1. The van der Waals surface area contributed by atoms with Gasteiger partial charge in [-0.25, -0.2) is 20.8 Å². The van der Waals surface area contributed by atoms with Gasteiger partial charge in [0.2, 0.25) is 0 Å². The van der Waals surface area contributed by atoms with Crippen LogP contribution in [0.3, 0.4) is 0 Å². The molecule has 0 aliphatic carbocycles. The van der Waals surface area contributed by atoms with Crippen molar-refractivity contribution in [1.29, 1.82) is 0 Å². The Morgan fingerprint density at radius 3 is 2.35 bits per heavy atom. The van der Waals surface area contributed by atoms with Gasteiger partial charge in [0, 0.05) is 17.8 Å². The van der Waals surface area contributed by atoms with E-state index in [-0.39, 0.29) is 21.9 Å². The Hall–Kier alpha value is -2.76. The molecule has 3 rings (SSSR count). The van der Waals surface area contributed by atoms with Crippen LogP contribution >= 0.6 is 0 Å². The lowest BCUT2D eigenvalue weighted by Gasteiger charge is -2.13. The number of aromatic nitrogens is 1. The van der Waals surface area contributed by atoms with Gasteiger partial charge in [0.25, 0.3) is 10.0 Å². The summed E-state index contributed by atoms with van der Waals surface area (Å²) in [5.41, 5.74) is 0.682. The third-order valence-electron chi connectivity index (χ3n) is 3.85. The van der Waals surface area contributed by atoms with Gasteiger partial charge >= 0.3 is 0 Å². The number of hydrogen-bond acceptors (Lipinski definition) is 5. The third-order valence-corrected chi connectivity index (χ3v) is 6.70. The zero-order chi connectivity index (χ0) is 18.9. The van der Waals surface area contributed by atoms with Gasteiger partial charge in [-0.1, -0.05) is 24.1 Å². The van der Waals surface area contributed by atoms with Crippen LogP contribution in [0, 0.1) is 12.3 Å². The van der Waals surface area contributed by atoms with Gasteiger partial charge in [0.15, 0.2) is 9.84 Å². The number of nitrogens with one attached hydrogen (secondary N) is 1. The fourth-order valence-corrected chi connectivity index (χ4v) is 4.99. The number of hydrogen-bond donors (Lipinski definition) is 1. The second kappa shape index (κ2) is 6.52. The van der Waals surface area contributed by atoms with Crippen molar-refractivity contribution in [3.8, 4) is 12.3 Å². The lowest BCUT2D eigenvalue weighted by atomic mass is 10.2. The zero-order valence-electron chi connectivity index (χ0n) is 13.9. The fraction of sp³-hybridized carbons (Fsp3) is 0.111. The Labute approximate surface area is 152 Å². The summed E-state index contributed by atoms with van der Waals surface area (Å²) in [6, 6.07) is 12.4. The van der Waals surface area contributed by atoms with Gasteiger partial charge in [0.05, 0.1) is 27.5 Å². The first-order valence-corrected chi connectivity index (χ1v) is 10.9. The molecule has 3 aromatic rings. The predicted molar refractivity (Wildman–Crippen MR) is 101 cm³/mol. The normalized spacial score (nSPS) is 12.0. The molecule has 0 saturated carbocycles. The van der Waals surface area contributed by atoms with Gasteiger partial charge in [-0.05, 0) is 30.3 Å². The highest BCUT2D eigenvalue weighted by molar-refractivity contribution is 7.91. The molecule has 0 spiro atoms. The van der Waals surface area contributed by atoms with Crippen LogP contribution < -0.4 is 5.32 Å². The van der Waals surface area contributed by atoms with Crippen LogP contribution in [0.4, 0.5) is 5.69 Å². The van der Waals surface area contributed by atoms with Gasteiger partial charge in [-0.2, -0.15) is 0 Å². The molecule has 0 amide bonds. The summed E-state index contributed by atoms with van der Waals surface area (Å²) in [5.74, 6) is 2.42. The molecule has 0 atom stereocenters. The van der Waals surface area contributed by atoms with E-state index in [4.69, 9.17) is 6.42 Å². The summed E-state index contributed by atoms with van der Waals surface area (Å²) in [5, 5.41) is 3.26. The van der Waals surface area contributed by atoms with Gasteiger partial charge < -0.3 is 5.32 Å². The Kier molecular flexibility index (Phi) is 4.52. The molecule has 0 fully saturated rings. The number of fused-ring (bicyclic) bond motifs is 1. The molecule has 0 radical (unpaired) electrons. The van der Waals surface area contributed by atoms with E-state index in [1.807, 2.05) is 0 Å². The highest BCUT2D eigenvalue weighted by atomic mass is 32.2. The summed E-state index contributed by atoms with van der Waals surface area (Å²) >= 11 is 0. The van der Waals surface area contributed by atoms with Crippen molar-refractivity contribution in [2.24, 2.45) is 0 Å². The summed E-state index contributed by atoms with van der Waals surface area (Å²) < 4.78 is 51.3. The molecule has 2 aromatic carbocycles. The Morgan fingerprint density at radius 1 is 1.04 bits per heavy atom. The first-order chi connectivity index (χ1) is 12.3. The maximum atomic E-state index is 13.0. The Balaban J connectivity index is 2.36. The third kappa shape index (κ3) is 3.07. The van der Waals surface area contributed by atoms with Crippen molar-refractivity contribution < 1.29 is 16.8 Å². The molecule has 0 saturated heterocycles. The highest BCUT2D eigenvalue weighted by Gasteiger charge is 2.23. The maximum absolute atomic E-state index is 13.0. The molecule has 0 bridgehead atoms. The second-order valence-corrected chi connectivity index (χ2v) is 9.43. The highest BCUT2D eigenvalue weighted by Crippen LogP contribution is 2.33. The first kappa shape index (κ1) is 18.0. The fourth-order valence-electron chi connectivity index (χ4n) is 2.72. The van der Waals surface area contributed by atoms with E-state index in [1.165, 1.54) is 36.5 Å². The maximum Gasteiger partial charge on any atom is 0.268 e. The molecule has 1 N–H and O–H groups in total. The smallest absolute Gasteiger partial charge is 0.268 e. The van der Waals surface area contributed by atoms with Crippen LogP contribution in [0.5, 0.6) is 0 Å². The minimum atomic E-state index is -3.90. The topological polar surface area (TPSA) is 85.2 Å². The largest absolute Gasteiger partial charge is 0.372 e. The van der Waals surface area contributed by atoms with E-state index >= 15 is 0 Å². The number of anilines is 1. The summed E-state index contributed by atoms with van der Waals surface area (Å²) in [6.45, 7) is 0.171. The second-order valence-electron chi connectivity index (χ2n) is 5.63. The lowest BCUT2D eigenvalue weighted by molar-refractivity contribution is 0.588. The molecule has 8 heteroatoms. The number of nitrogens with zero attached hydrogens (tertiary/aromatic N) is 1. The van der Waals surface area contributed by atoms with E-state index in [0.29, 0.717) is 11.1 Å². The van der Waals surface area contributed by atoms with Gasteiger partial charge in [0.1, 0.15) is 0 Å². The van der Waals surface area contributed by atoms with Crippen molar-refractivity contribution in [2.75, 3.05) is 18.1 Å². The molecule has 1 aromatic heterocycles. The quantitative estimate of drug-likeness (QED) is 0.678. The molecule has 1 heterocycles. The van der Waals surface area contributed by atoms with Crippen LogP contribution in [0.2, 0.25) is 0 Å². The van der Waals surface area contributed by atoms with E-state index in [9.17, 15) is 16.8 Å². The molecule has 0 aliphatic heterocycles. The summed E-state index contributed by atoms with van der Waals surface area (Å²) in [7, 11) is -7.44. The van der Waals surface area contributed by atoms with Crippen molar-refractivity contribution in [2.45, 2.75) is 9.79 Å². The van der Waals surface area contributed by atoms with Crippen LogP contribution in [0.1, 0.15) is 0 Å².